The summed E-state index contributed by atoms with van der Waals surface area (Å²) in [6, 6.07) is 0.393. The van der Waals surface area contributed by atoms with Crippen LogP contribution in [0.3, 0.4) is 0 Å². The van der Waals surface area contributed by atoms with Gasteiger partial charge in [0.25, 0.3) is 0 Å². The first-order valence-corrected chi connectivity index (χ1v) is 5.29. The Morgan fingerprint density at radius 3 is 2.93 bits per heavy atom. The Hall–Kier alpha value is -0.900. The number of rotatable bonds is 4. The SMILES string of the molecule is CNC(C)Cc1nc(C2CCC2)no1. The van der Waals surface area contributed by atoms with E-state index in [4.69, 9.17) is 4.52 Å². The molecule has 0 aliphatic heterocycles. The predicted molar refractivity (Wildman–Crippen MR) is 53.1 cm³/mol. The summed E-state index contributed by atoms with van der Waals surface area (Å²) in [4.78, 5) is 4.40. The number of hydrogen-bond acceptors (Lipinski definition) is 4. The largest absolute Gasteiger partial charge is 0.339 e. The van der Waals surface area contributed by atoms with Gasteiger partial charge in [-0.1, -0.05) is 11.6 Å². The standard InChI is InChI=1S/C10H17N3O/c1-7(11-2)6-9-12-10(13-14-9)8-4-3-5-8/h7-8,11H,3-6H2,1-2H3. The molecule has 0 radical (unpaired) electrons. The lowest BCUT2D eigenvalue weighted by Crippen LogP contribution is -2.23. The maximum absolute atomic E-state index is 5.19. The van der Waals surface area contributed by atoms with Crippen LogP contribution in [0.1, 0.15) is 43.8 Å². The van der Waals surface area contributed by atoms with Crippen LogP contribution in [-0.2, 0) is 6.42 Å². The van der Waals surface area contributed by atoms with Gasteiger partial charge in [0.15, 0.2) is 5.82 Å². The van der Waals surface area contributed by atoms with E-state index in [1.807, 2.05) is 7.05 Å². The monoisotopic (exact) mass is 195 g/mol. The molecule has 1 N–H and O–H groups in total. The topological polar surface area (TPSA) is 51.0 Å². The first-order valence-electron chi connectivity index (χ1n) is 5.29. The lowest BCUT2D eigenvalue weighted by atomic mass is 9.85. The van der Waals surface area contributed by atoms with Crippen LogP contribution in [0.4, 0.5) is 0 Å². The van der Waals surface area contributed by atoms with E-state index in [1.165, 1.54) is 19.3 Å². The van der Waals surface area contributed by atoms with Crippen molar-refractivity contribution < 1.29 is 4.52 Å². The van der Waals surface area contributed by atoms with E-state index >= 15 is 0 Å². The molecule has 1 aromatic heterocycles. The highest BCUT2D eigenvalue weighted by molar-refractivity contribution is 5.00. The first-order chi connectivity index (χ1) is 6.79. The maximum Gasteiger partial charge on any atom is 0.228 e. The lowest BCUT2D eigenvalue weighted by molar-refractivity contribution is 0.341. The van der Waals surface area contributed by atoms with E-state index in [0.717, 1.165) is 18.1 Å². The molecule has 1 fully saturated rings. The quantitative estimate of drug-likeness (QED) is 0.790. The summed E-state index contributed by atoms with van der Waals surface area (Å²) in [6.07, 6.45) is 4.57. The predicted octanol–water partition coefficient (Wildman–Crippen LogP) is 1.49. The van der Waals surface area contributed by atoms with Gasteiger partial charge in [0.2, 0.25) is 5.89 Å². The normalized spacial score (nSPS) is 19.3. The molecular formula is C10H17N3O. The number of nitrogens with zero attached hydrogens (tertiary/aromatic N) is 2. The highest BCUT2D eigenvalue weighted by Crippen LogP contribution is 2.34. The van der Waals surface area contributed by atoms with Gasteiger partial charge < -0.3 is 9.84 Å². The minimum absolute atomic E-state index is 0.393. The Morgan fingerprint density at radius 1 is 1.57 bits per heavy atom. The molecule has 0 saturated heterocycles. The van der Waals surface area contributed by atoms with Crippen molar-refractivity contribution >= 4 is 0 Å². The van der Waals surface area contributed by atoms with Crippen molar-refractivity contribution in [2.24, 2.45) is 0 Å². The van der Waals surface area contributed by atoms with Crippen molar-refractivity contribution in [1.82, 2.24) is 15.5 Å². The van der Waals surface area contributed by atoms with Gasteiger partial charge in [-0.05, 0) is 26.8 Å². The molecule has 1 saturated carbocycles. The molecule has 4 nitrogen and oxygen atoms in total. The van der Waals surface area contributed by atoms with E-state index in [2.05, 4.69) is 22.4 Å². The smallest absolute Gasteiger partial charge is 0.228 e. The molecule has 1 aliphatic rings. The highest BCUT2D eigenvalue weighted by atomic mass is 16.5. The third kappa shape index (κ3) is 1.95. The van der Waals surface area contributed by atoms with Gasteiger partial charge in [0.1, 0.15) is 0 Å². The van der Waals surface area contributed by atoms with Crippen LogP contribution in [0, 0.1) is 0 Å². The van der Waals surface area contributed by atoms with Crippen LogP contribution in [0.2, 0.25) is 0 Å². The summed E-state index contributed by atoms with van der Waals surface area (Å²) in [5, 5.41) is 7.16. The van der Waals surface area contributed by atoms with Crippen LogP contribution in [0.5, 0.6) is 0 Å². The van der Waals surface area contributed by atoms with Crippen LogP contribution in [0.25, 0.3) is 0 Å². The summed E-state index contributed by atoms with van der Waals surface area (Å²) in [7, 11) is 1.94. The maximum atomic E-state index is 5.19. The van der Waals surface area contributed by atoms with Gasteiger partial charge in [-0.2, -0.15) is 4.98 Å². The second kappa shape index (κ2) is 4.09. The van der Waals surface area contributed by atoms with Gasteiger partial charge in [-0.15, -0.1) is 0 Å². The second-order valence-electron chi connectivity index (χ2n) is 4.07. The first kappa shape index (κ1) is 9.65. The molecule has 0 amide bonds. The molecule has 0 spiro atoms. The van der Waals surface area contributed by atoms with Gasteiger partial charge >= 0.3 is 0 Å². The molecule has 4 heteroatoms. The Labute approximate surface area is 84.1 Å². The molecule has 0 aromatic carbocycles. The summed E-state index contributed by atoms with van der Waals surface area (Å²) < 4.78 is 5.19. The Bertz CT molecular complexity index is 293. The third-order valence-corrected chi connectivity index (χ3v) is 2.93. The lowest BCUT2D eigenvalue weighted by Gasteiger charge is -2.20. The van der Waals surface area contributed by atoms with Crippen LogP contribution < -0.4 is 5.32 Å². The fourth-order valence-electron chi connectivity index (χ4n) is 1.55. The Morgan fingerprint density at radius 2 is 2.36 bits per heavy atom. The molecule has 1 aromatic rings. The number of likely N-dealkylation sites (N-methyl/N-ethyl adjacent to an activating group) is 1. The summed E-state index contributed by atoms with van der Waals surface area (Å²) in [6.45, 7) is 2.10. The second-order valence-corrected chi connectivity index (χ2v) is 4.07. The average molecular weight is 195 g/mol. The Balaban J connectivity index is 1.95. The fraction of sp³-hybridized carbons (Fsp3) is 0.800. The molecule has 1 atom stereocenters. The summed E-state index contributed by atoms with van der Waals surface area (Å²) in [5.74, 6) is 2.24. The zero-order valence-electron chi connectivity index (χ0n) is 8.79. The van der Waals surface area contributed by atoms with Gasteiger partial charge in [-0.25, -0.2) is 0 Å². The van der Waals surface area contributed by atoms with Crippen LogP contribution >= 0.6 is 0 Å². The molecule has 0 bridgehead atoms. The van der Waals surface area contributed by atoms with Crippen LogP contribution in [0.15, 0.2) is 4.52 Å². The van der Waals surface area contributed by atoms with Crippen molar-refractivity contribution in [3.05, 3.63) is 11.7 Å². The van der Waals surface area contributed by atoms with E-state index in [1.54, 1.807) is 0 Å². The van der Waals surface area contributed by atoms with E-state index in [9.17, 15) is 0 Å². The van der Waals surface area contributed by atoms with E-state index in [-0.39, 0.29) is 0 Å². The molecular weight excluding hydrogens is 178 g/mol. The number of nitrogens with one attached hydrogen (secondary N) is 1. The Kier molecular flexibility index (Phi) is 2.82. The van der Waals surface area contributed by atoms with Gasteiger partial charge in [-0.3, -0.25) is 0 Å². The minimum Gasteiger partial charge on any atom is -0.339 e. The zero-order valence-corrected chi connectivity index (χ0v) is 8.79. The molecule has 1 unspecified atom stereocenters. The number of aromatic nitrogens is 2. The molecule has 1 heterocycles. The van der Waals surface area contributed by atoms with Crippen LogP contribution in [-0.4, -0.2) is 23.2 Å². The highest BCUT2D eigenvalue weighted by Gasteiger charge is 2.24. The zero-order chi connectivity index (χ0) is 9.97. The van der Waals surface area contributed by atoms with E-state index in [0.29, 0.717) is 12.0 Å². The molecule has 2 rings (SSSR count). The van der Waals surface area contributed by atoms with E-state index < -0.39 is 0 Å². The summed E-state index contributed by atoms with van der Waals surface area (Å²) in [5.41, 5.74) is 0. The van der Waals surface area contributed by atoms with Gasteiger partial charge in [0.05, 0.1) is 0 Å². The molecule has 78 valence electrons. The van der Waals surface area contributed by atoms with Gasteiger partial charge in [0, 0.05) is 18.4 Å². The number of hydrogen-bond donors (Lipinski definition) is 1. The fourth-order valence-corrected chi connectivity index (χ4v) is 1.55. The van der Waals surface area contributed by atoms with Crippen molar-refractivity contribution in [3.8, 4) is 0 Å². The average Bonchev–Trinajstić information content (AvgIpc) is 2.50. The molecule has 1 aliphatic carbocycles. The van der Waals surface area contributed by atoms with Crippen molar-refractivity contribution in [3.63, 3.8) is 0 Å². The summed E-state index contributed by atoms with van der Waals surface area (Å²) >= 11 is 0. The van der Waals surface area contributed by atoms with Crippen molar-refractivity contribution in [2.75, 3.05) is 7.05 Å². The minimum atomic E-state index is 0.393. The molecule has 14 heavy (non-hydrogen) atoms. The van der Waals surface area contributed by atoms with Crippen molar-refractivity contribution in [1.29, 1.82) is 0 Å². The van der Waals surface area contributed by atoms with Crippen molar-refractivity contribution in [2.45, 2.75) is 44.6 Å². The third-order valence-electron chi connectivity index (χ3n) is 2.93.